The van der Waals surface area contributed by atoms with Gasteiger partial charge in [0.25, 0.3) is 20.2 Å². The molecule has 4 unspecified atom stereocenters. The average molecular weight is 501 g/mol. The zero-order valence-electron chi connectivity index (χ0n) is 19.1. The lowest BCUT2D eigenvalue weighted by Crippen LogP contribution is -2.92. The van der Waals surface area contributed by atoms with E-state index in [0.717, 1.165) is 23.0 Å². The monoisotopic (exact) mass is 500 g/mol. The van der Waals surface area contributed by atoms with Gasteiger partial charge in [0.1, 0.15) is 0 Å². The lowest BCUT2D eigenvalue weighted by atomic mass is 9.09. The number of aryl methyl sites for hydroxylation is 2. The minimum atomic E-state index is -3.87. The van der Waals surface area contributed by atoms with Gasteiger partial charge in [0.2, 0.25) is 0 Å². The SMILES string of the molecule is Cc1ccc(S(=O)(=O)OC[C@@H]2C3[C@H]4C5C6[C@@H]4C([C@H]6[C@H]53)[C@H]2COS(=O)(=O)c2ccc(C)cc2)cc1. The Bertz CT molecular complexity index is 1240. The molecular formula is C26H28O6S2. The maximum absolute atomic E-state index is 12.8. The first-order valence-electron chi connectivity index (χ1n) is 12.1. The van der Waals surface area contributed by atoms with Crippen molar-refractivity contribution in [2.45, 2.75) is 23.6 Å². The van der Waals surface area contributed by atoms with Crippen molar-refractivity contribution in [1.29, 1.82) is 0 Å². The van der Waals surface area contributed by atoms with Crippen LogP contribution >= 0.6 is 0 Å². The molecule has 10 atom stereocenters. The summed E-state index contributed by atoms with van der Waals surface area (Å²) in [5.74, 6) is 5.33. The van der Waals surface area contributed by atoms with Crippen LogP contribution in [0.1, 0.15) is 11.1 Å². The summed E-state index contributed by atoms with van der Waals surface area (Å²) in [7, 11) is -7.73. The van der Waals surface area contributed by atoms with Crippen LogP contribution in [0, 0.1) is 73.0 Å². The van der Waals surface area contributed by atoms with Crippen LogP contribution in [0.15, 0.2) is 58.3 Å². The standard InChI is InChI=1S/C26H28O6S2/c1-13-3-7-15(8-4-13)33(27,28)31-11-17-18(12-32-34(29,30)16-9-5-14(2)6-10-16)20-23-21-19(17)22-24(20)26(23)25(21)22/h3-10,17-26H,11-12H2,1-2H3/t17-,18-,19?,20?,21-,22+,23+,24+,25?,26?/m0/s1. The Morgan fingerprint density at radius 1 is 0.529 bits per heavy atom. The van der Waals surface area contributed by atoms with Crippen LogP contribution < -0.4 is 0 Å². The summed E-state index contributed by atoms with van der Waals surface area (Å²) in [4.78, 5) is 0.318. The van der Waals surface area contributed by atoms with Crippen molar-refractivity contribution in [2.75, 3.05) is 13.2 Å². The highest BCUT2D eigenvalue weighted by Crippen LogP contribution is 2.93. The van der Waals surface area contributed by atoms with Gasteiger partial charge in [0, 0.05) is 0 Å². The van der Waals surface area contributed by atoms with Crippen molar-refractivity contribution < 1.29 is 25.2 Å². The van der Waals surface area contributed by atoms with Crippen molar-refractivity contribution in [3.8, 4) is 0 Å². The Morgan fingerprint density at radius 3 is 1.15 bits per heavy atom. The normalized spacial score (nSPS) is 40.4. The maximum atomic E-state index is 12.8. The Balaban J connectivity index is 1.11. The van der Waals surface area contributed by atoms with E-state index in [-0.39, 0.29) is 34.8 Å². The Labute approximate surface area is 200 Å². The smallest absolute Gasteiger partial charge is 0.266 e. The summed E-state index contributed by atoms with van der Waals surface area (Å²) in [6, 6.07) is 13.3. The van der Waals surface area contributed by atoms with Crippen LogP contribution in [0.3, 0.4) is 0 Å². The lowest BCUT2D eigenvalue weighted by molar-refractivity contribution is -0.487. The van der Waals surface area contributed by atoms with Crippen molar-refractivity contribution in [1.82, 2.24) is 0 Å². The summed E-state index contributed by atoms with van der Waals surface area (Å²) in [5.41, 5.74) is 1.97. The number of fused-ring (bicyclic) bond motifs is 1. The second-order valence-corrected chi connectivity index (χ2v) is 14.3. The van der Waals surface area contributed by atoms with Crippen molar-refractivity contribution in [3.63, 3.8) is 0 Å². The molecule has 0 heterocycles. The topological polar surface area (TPSA) is 86.7 Å². The minimum Gasteiger partial charge on any atom is -0.266 e. The second-order valence-electron chi connectivity index (χ2n) is 11.0. The molecule has 0 spiro atoms. The van der Waals surface area contributed by atoms with Gasteiger partial charge in [-0.05, 0) is 97.3 Å². The molecule has 8 rings (SSSR count). The minimum absolute atomic E-state index is 0.0124. The van der Waals surface area contributed by atoms with E-state index in [0.29, 0.717) is 35.5 Å². The van der Waals surface area contributed by atoms with E-state index in [4.69, 9.17) is 8.37 Å². The predicted octanol–water partition coefficient (Wildman–Crippen LogP) is 3.64. The number of hydrogen-bond acceptors (Lipinski definition) is 6. The van der Waals surface area contributed by atoms with Gasteiger partial charge in [-0.15, -0.1) is 0 Å². The first kappa shape index (κ1) is 21.5. The fourth-order valence-electron chi connectivity index (χ4n) is 8.61. The van der Waals surface area contributed by atoms with Gasteiger partial charge < -0.3 is 0 Å². The van der Waals surface area contributed by atoms with Crippen molar-refractivity contribution in [3.05, 3.63) is 59.7 Å². The third kappa shape index (κ3) is 2.68. The van der Waals surface area contributed by atoms with Crippen LogP contribution in [-0.4, -0.2) is 30.0 Å². The van der Waals surface area contributed by atoms with Gasteiger partial charge in [-0.25, -0.2) is 0 Å². The van der Waals surface area contributed by atoms with Crippen LogP contribution in [0.25, 0.3) is 0 Å². The highest BCUT2D eigenvalue weighted by atomic mass is 32.2. The number of rotatable bonds is 8. The van der Waals surface area contributed by atoms with E-state index in [2.05, 4.69) is 0 Å². The summed E-state index contributed by atoms with van der Waals surface area (Å²) in [6.45, 7) is 4.01. The summed E-state index contributed by atoms with van der Waals surface area (Å²) in [6.07, 6.45) is 0. The first-order chi connectivity index (χ1) is 16.2. The Hall–Kier alpha value is -1.74. The largest absolute Gasteiger partial charge is 0.296 e. The molecule has 6 aliphatic rings. The zero-order valence-corrected chi connectivity index (χ0v) is 20.7. The Morgan fingerprint density at radius 2 is 0.824 bits per heavy atom. The van der Waals surface area contributed by atoms with Crippen LogP contribution in [-0.2, 0) is 28.6 Å². The fourth-order valence-corrected chi connectivity index (χ4v) is 10.5. The van der Waals surface area contributed by atoms with E-state index in [1.807, 2.05) is 13.8 Å². The molecule has 6 aliphatic carbocycles. The van der Waals surface area contributed by atoms with E-state index < -0.39 is 20.2 Å². The molecule has 0 N–H and O–H groups in total. The molecule has 6 nitrogen and oxygen atoms in total. The van der Waals surface area contributed by atoms with Gasteiger partial charge in [0.05, 0.1) is 23.0 Å². The predicted molar refractivity (Wildman–Crippen MR) is 124 cm³/mol. The summed E-state index contributed by atoms with van der Waals surface area (Å²) in [5, 5.41) is 0. The van der Waals surface area contributed by atoms with Crippen LogP contribution in [0.2, 0.25) is 0 Å². The Kier molecular flexibility index (Phi) is 4.39. The molecule has 6 saturated carbocycles. The van der Waals surface area contributed by atoms with Crippen molar-refractivity contribution in [2.24, 2.45) is 59.2 Å². The van der Waals surface area contributed by atoms with Gasteiger partial charge >= 0.3 is 0 Å². The van der Waals surface area contributed by atoms with Gasteiger partial charge in [-0.3, -0.25) is 8.37 Å². The molecule has 180 valence electrons. The number of benzene rings is 2. The molecule has 0 saturated heterocycles. The molecule has 2 aromatic carbocycles. The lowest BCUT2D eigenvalue weighted by Gasteiger charge is -2.95. The third-order valence-electron chi connectivity index (χ3n) is 9.88. The fraction of sp³-hybridized carbons (Fsp3) is 0.538. The molecule has 0 aliphatic heterocycles. The van der Waals surface area contributed by atoms with Gasteiger partial charge in [-0.2, -0.15) is 16.8 Å². The van der Waals surface area contributed by atoms with Crippen LogP contribution in [0.5, 0.6) is 0 Å². The zero-order chi connectivity index (χ0) is 23.6. The van der Waals surface area contributed by atoms with E-state index in [9.17, 15) is 16.8 Å². The number of hydrogen-bond donors (Lipinski definition) is 0. The summed E-state index contributed by atoms with van der Waals surface area (Å²) < 4.78 is 62.6. The van der Waals surface area contributed by atoms with Crippen molar-refractivity contribution >= 4 is 20.2 Å². The summed E-state index contributed by atoms with van der Waals surface area (Å²) >= 11 is 0. The maximum Gasteiger partial charge on any atom is 0.296 e. The van der Waals surface area contributed by atoms with Crippen LogP contribution in [0.4, 0.5) is 0 Å². The quantitative estimate of drug-likeness (QED) is 0.515. The molecule has 0 radical (unpaired) electrons. The first-order valence-corrected chi connectivity index (χ1v) is 14.9. The molecule has 34 heavy (non-hydrogen) atoms. The molecule has 2 aromatic rings. The third-order valence-corrected chi connectivity index (χ3v) is 12.5. The van der Waals surface area contributed by atoms with Gasteiger partial charge in [-0.1, -0.05) is 35.4 Å². The van der Waals surface area contributed by atoms with Gasteiger partial charge in [0.15, 0.2) is 0 Å². The highest BCUT2D eigenvalue weighted by Gasteiger charge is 2.90. The molecule has 8 heteroatoms. The molecule has 6 fully saturated rings. The highest BCUT2D eigenvalue weighted by molar-refractivity contribution is 7.87. The van der Waals surface area contributed by atoms with E-state index in [1.165, 1.54) is 0 Å². The second kappa shape index (κ2) is 6.93. The van der Waals surface area contributed by atoms with E-state index in [1.54, 1.807) is 48.5 Å². The average Bonchev–Trinajstić information content (AvgIpc) is 2.78. The molecule has 0 amide bonds. The van der Waals surface area contributed by atoms with E-state index >= 15 is 0 Å². The molecule has 2 bridgehead atoms. The molecule has 0 aromatic heterocycles. The molecular weight excluding hydrogens is 472 g/mol.